The minimum absolute atomic E-state index is 0.0101. The van der Waals surface area contributed by atoms with Gasteiger partial charge in [-0.3, -0.25) is 4.79 Å². The van der Waals surface area contributed by atoms with Crippen molar-refractivity contribution in [1.82, 2.24) is 20.0 Å². The van der Waals surface area contributed by atoms with Crippen LogP contribution in [0.3, 0.4) is 0 Å². The van der Waals surface area contributed by atoms with Crippen LogP contribution >= 0.6 is 0 Å². The number of H-pyrrole nitrogens is 1. The SMILES string of the molecule is Cc1ccccc1OCc1nc(C2CN(C(=O)c3cc4ccccc4[nH]3)C2)no1. The maximum atomic E-state index is 12.7. The normalized spacial score (nSPS) is 14.2. The van der Waals surface area contributed by atoms with E-state index in [0.29, 0.717) is 30.5 Å². The Bertz CT molecular complexity index is 1140. The fourth-order valence-corrected chi connectivity index (χ4v) is 3.52. The lowest BCUT2D eigenvalue weighted by Gasteiger charge is -2.37. The minimum Gasteiger partial charge on any atom is -0.483 e. The fraction of sp³-hybridized carbons (Fsp3) is 0.227. The van der Waals surface area contributed by atoms with E-state index in [2.05, 4.69) is 15.1 Å². The monoisotopic (exact) mass is 388 g/mol. The molecule has 7 heteroatoms. The number of hydrogen-bond acceptors (Lipinski definition) is 5. The van der Waals surface area contributed by atoms with E-state index in [9.17, 15) is 4.79 Å². The summed E-state index contributed by atoms with van der Waals surface area (Å²) in [5.41, 5.74) is 2.62. The first-order valence-corrected chi connectivity index (χ1v) is 9.55. The molecule has 1 fully saturated rings. The highest BCUT2D eigenvalue weighted by molar-refractivity contribution is 5.98. The number of rotatable bonds is 5. The molecular weight excluding hydrogens is 368 g/mol. The van der Waals surface area contributed by atoms with E-state index in [-0.39, 0.29) is 18.4 Å². The Hall–Kier alpha value is -3.61. The van der Waals surface area contributed by atoms with Crippen LogP contribution in [0.4, 0.5) is 0 Å². The molecule has 1 amide bonds. The van der Waals surface area contributed by atoms with Gasteiger partial charge >= 0.3 is 0 Å². The van der Waals surface area contributed by atoms with E-state index in [1.54, 1.807) is 4.90 Å². The lowest BCUT2D eigenvalue weighted by molar-refractivity contribution is 0.0587. The molecule has 0 bridgehead atoms. The number of ether oxygens (including phenoxy) is 1. The van der Waals surface area contributed by atoms with Gasteiger partial charge < -0.3 is 19.1 Å². The van der Waals surface area contributed by atoms with Crippen LogP contribution in [0.2, 0.25) is 0 Å². The summed E-state index contributed by atoms with van der Waals surface area (Å²) >= 11 is 0. The molecule has 146 valence electrons. The molecule has 0 aliphatic carbocycles. The number of fused-ring (bicyclic) bond motifs is 1. The van der Waals surface area contributed by atoms with Crippen molar-refractivity contribution >= 4 is 16.8 Å². The van der Waals surface area contributed by atoms with Gasteiger partial charge in [0.05, 0.1) is 5.92 Å². The van der Waals surface area contributed by atoms with Crippen LogP contribution in [-0.4, -0.2) is 39.0 Å². The van der Waals surface area contributed by atoms with Gasteiger partial charge in [0, 0.05) is 24.0 Å². The second kappa shape index (κ2) is 7.09. The fourth-order valence-electron chi connectivity index (χ4n) is 3.52. The van der Waals surface area contributed by atoms with E-state index < -0.39 is 0 Å². The molecule has 0 saturated carbocycles. The number of nitrogens with one attached hydrogen (secondary N) is 1. The van der Waals surface area contributed by atoms with Crippen molar-refractivity contribution in [2.45, 2.75) is 19.4 Å². The van der Waals surface area contributed by atoms with E-state index >= 15 is 0 Å². The first-order valence-electron chi connectivity index (χ1n) is 9.55. The maximum Gasteiger partial charge on any atom is 0.270 e. The predicted octanol–water partition coefficient (Wildman–Crippen LogP) is 3.68. The minimum atomic E-state index is -0.0101. The number of likely N-dealkylation sites (tertiary alicyclic amines) is 1. The number of para-hydroxylation sites is 2. The van der Waals surface area contributed by atoms with Gasteiger partial charge in [0.15, 0.2) is 12.4 Å². The molecule has 0 atom stereocenters. The second-order valence-corrected chi connectivity index (χ2v) is 7.28. The Morgan fingerprint density at radius 2 is 2.00 bits per heavy atom. The van der Waals surface area contributed by atoms with Crippen molar-refractivity contribution in [3.8, 4) is 5.75 Å². The molecule has 0 radical (unpaired) electrons. The molecular formula is C22H20N4O3. The van der Waals surface area contributed by atoms with E-state index in [4.69, 9.17) is 9.26 Å². The van der Waals surface area contributed by atoms with Crippen molar-refractivity contribution in [1.29, 1.82) is 0 Å². The summed E-state index contributed by atoms with van der Waals surface area (Å²) in [5, 5.41) is 5.09. The summed E-state index contributed by atoms with van der Waals surface area (Å²) in [6.45, 7) is 3.36. The summed E-state index contributed by atoms with van der Waals surface area (Å²) in [4.78, 5) is 22.1. The molecule has 2 aromatic carbocycles. The van der Waals surface area contributed by atoms with Crippen molar-refractivity contribution in [3.63, 3.8) is 0 Å². The van der Waals surface area contributed by atoms with Crippen LogP contribution in [0.1, 0.15) is 33.7 Å². The molecule has 2 aromatic heterocycles. The first-order chi connectivity index (χ1) is 14.2. The van der Waals surface area contributed by atoms with Gasteiger partial charge in [-0.2, -0.15) is 4.98 Å². The zero-order valence-corrected chi connectivity index (χ0v) is 16.0. The standard InChI is InChI=1S/C22H20N4O3/c1-14-6-2-5-9-19(14)28-13-20-24-21(25-29-20)16-11-26(12-16)22(27)18-10-15-7-3-4-8-17(15)23-18/h2-10,16,23H,11-13H2,1H3. The predicted molar refractivity (Wildman–Crippen MR) is 107 cm³/mol. The Labute approximate surface area is 167 Å². The number of aromatic amines is 1. The number of aryl methyl sites for hydroxylation is 1. The Kier molecular flexibility index (Phi) is 4.27. The van der Waals surface area contributed by atoms with Crippen molar-refractivity contribution in [3.05, 3.63) is 77.6 Å². The third-order valence-electron chi connectivity index (χ3n) is 5.22. The zero-order chi connectivity index (χ0) is 19.8. The Morgan fingerprint density at radius 1 is 1.21 bits per heavy atom. The second-order valence-electron chi connectivity index (χ2n) is 7.28. The third kappa shape index (κ3) is 3.35. The van der Waals surface area contributed by atoms with Gasteiger partial charge in [0.1, 0.15) is 11.4 Å². The summed E-state index contributed by atoms with van der Waals surface area (Å²) in [5.74, 6) is 1.92. The van der Waals surface area contributed by atoms with E-state index in [1.807, 2.05) is 61.5 Å². The number of carbonyl (C=O) groups is 1. The molecule has 1 saturated heterocycles. The van der Waals surface area contributed by atoms with Gasteiger partial charge in [0.2, 0.25) is 0 Å². The molecule has 1 N–H and O–H groups in total. The molecule has 7 nitrogen and oxygen atoms in total. The highest BCUT2D eigenvalue weighted by atomic mass is 16.5. The van der Waals surface area contributed by atoms with Gasteiger partial charge in [-0.25, -0.2) is 0 Å². The quantitative estimate of drug-likeness (QED) is 0.564. The molecule has 0 unspecified atom stereocenters. The third-order valence-corrected chi connectivity index (χ3v) is 5.22. The van der Waals surface area contributed by atoms with E-state index in [1.165, 1.54) is 0 Å². The molecule has 5 rings (SSSR count). The van der Waals surface area contributed by atoms with Gasteiger partial charge in [-0.05, 0) is 30.7 Å². The summed E-state index contributed by atoms with van der Waals surface area (Å²) < 4.78 is 11.1. The Morgan fingerprint density at radius 3 is 2.83 bits per heavy atom. The number of amides is 1. The van der Waals surface area contributed by atoms with Crippen LogP contribution in [0.5, 0.6) is 5.75 Å². The Balaban J connectivity index is 1.19. The zero-order valence-electron chi connectivity index (χ0n) is 16.0. The van der Waals surface area contributed by atoms with Crippen molar-refractivity contribution < 1.29 is 14.1 Å². The molecule has 0 spiro atoms. The molecule has 3 heterocycles. The van der Waals surface area contributed by atoms with Crippen LogP contribution in [0.25, 0.3) is 10.9 Å². The summed E-state index contributed by atoms with van der Waals surface area (Å²) in [6, 6.07) is 17.5. The number of hydrogen-bond donors (Lipinski definition) is 1. The van der Waals surface area contributed by atoms with Crippen molar-refractivity contribution in [2.75, 3.05) is 13.1 Å². The molecule has 4 aromatic rings. The smallest absolute Gasteiger partial charge is 0.270 e. The van der Waals surface area contributed by atoms with Crippen LogP contribution in [0.15, 0.2) is 59.1 Å². The summed E-state index contributed by atoms with van der Waals surface area (Å²) in [6.07, 6.45) is 0. The molecule has 1 aliphatic heterocycles. The first kappa shape index (κ1) is 17.5. The number of carbonyl (C=O) groups excluding carboxylic acids is 1. The lowest BCUT2D eigenvalue weighted by Crippen LogP contribution is -2.48. The van der Waals surface area contributed by atoms with Crippen molar-refractivity contribution in [2.24, 2.45) is 0 Å². The number of nitrogens with zero attached hydrogens (tertiary/aromatic N) is 3. The number of benzene rings is 2. The lowest BCUT2D eigenvalue weighted by atomic mass is 9.99. The highest BCUT2D eigenvalue weighted by Gasteiger charge is 2.36. The van der Waals surface area contributed by atoms with Gasteiger partial charge in [0.25, 0.3) is 11.8 Å². The van der Waals surface area contributed by atoms with Crippen LogP contribution < -0.4 is 4.74 Å². The van der Waals surface area contributed by atoms with Gasteiger partial charge in [-0.15, -0.1) is 0 Å². The topological polar surface area (TPSA) is 84.2 Å². The highest BCUT2D eigenvalue weighted by Crippen LogP contribution is 2.27. The van der Waals surface area contributed by atoms with Crippen LogP contribution in [-0.2, 0) is 6.61 Å². The largest absolute Gasteiger partial charge is 0.483 e. The molecule has 1 aliphatic rings. The average molecular weight is 388 g/mol. The number of aromatic nitrogens is 3. The average Bonchev–Trinajstić information content (AvgIpc) is 3.33. The summed E-state index contributed by atoms with van der Waals surface area (Å²) in [7, 11) is 0. The molecule has 29 heavy (non-hydrogen) atoms. The van der Waals surface area contributed by atoms with E-state index in [0.717, 1.165) is 22.2 Å². The van der Waals surface area contributed by atoms with Crippen LogP contribution in [0, 0.1) is 6.92 Å². The maximum absolute atomic E-state index is 12.7. The van der Waals surface area contributed by atoms with Gasteiger partial charge in [-0.1, -0.05) is 41.6 Å².